The van der Waals surface area contributed by atoms with E-state index in [0.717, 1.165) is 6.07 Å². The molecule has 0 spiro atoms. The lowest BCUT2D eigenvalue weighted by Crippen LogP contribution is -2.36. The molecule has 0 saturated heterocycles. The standard InChI is InChI=1S/C15H15FN2O4/c1-21-13-5-4-10(16)7-12(13)15(20)18-9-14(19)17-8-11-3-2-6-22-11/h2-7H,8-9H2,1H3,(H,17,19)(H,18,20). The molecule has 0 aliphatic carbocycles. The van der Waals surface area contributed by atoms with Gasteiger partial charge in [-0.25, -0.2) is 4.39 Å². The minimum atomic E-state index is -0.593. The summed E-state index contributed by atoms with van der Waals surface area (Å²) < 4.78 is 23.2. The summed E-state index contributed by atoms with van der Waals surface area (Å²) in [6, 6.07) is 7.01. The van der Waals surface area contributed by atoms with E-state index in [4.69, 9.17) is 9.15 Å². The van der Waals surface area contributed by atoms with E-state index in [-0.39, 0.29) is 30.3 Å². The van der Waals surface area contributed by atoms with Crippen molar-refractivity contribution in [2.45, 2.75) is 6.54 Å². The molecule has 0 fully saturated rings. The van der Waals surface area contributed by atoms with Crippen LogP contribution in [0.2, 0.25) is 0 Å². The van der Waals surface area contributed by atoms with E-state index in [1.165, 1.54) is 25.5 Å². The van der Waals surface area contributed by atoms with Gasteiger partial charge in [0.2, 0.25) is 5.91 Å². The van der Waals surface area contributed by atoms with E-state index in [9.17, 15) is 14.0 Å². The Labute approximate surface area is 126 Å². The topological polar surface area (TPSA) is 80.6 Å². The lowest BCUT2D eigenvalue weighted by atomic mass is 10.2. The highest BCUT2D eigenvalue weighted by Crippen LogP contribution is 2.18. The molecule has 6 nitrogen and oxygen atoms in total. The molecule has 1 aromatic carbocycles. The van der Waals surface area contributed by atoms with Crippen LogP contribution in [0.4, 0.5) is 4.39 Å². The third-order valence-corrected chi connectivity index (χ3v) is 2.86. The molecule has 0 saturated carbocycles. The number of hydrogen-bond acceptors (Lipinski definition) is 4. The Morgan fingerprint density at radius 3 is 2.77 bits per heavy atom. The third-order valence-electron chi connectivity index (χ3n) is 2.86. The van der Waals surface area contributed by atoms with Gasteiger partial charge in [0.1, 0.15) is 17.3 Å². The number of benzene rings is 1. The second-order valence-electron chi connectivity index (χ2n) is 4.38. The molecule has 0 bridgehead atoms. The van der Waals surface area contributed by atoms with Gasteiger partial charge in [-0.05, 0) is 30.3 Å². The Hall–Kier alpha value is -2.83. The van der Waals surface area contributed by atoms with Gasteiger partial charge in [0.25, 0.3) is 5.91 Å². The maximum atomic E-state index is 13.2. The summed E-state index contributed by atoms with van der Waals surface area (Å²) in [5.41, 5.74) is 0.0290. The number of methoxy groups -OCH3 is 1. The zero-order valence-corrected chi connectivity index (χ0v) is 11.9. The van der Waals surface area contributed by atoms with E-state index < -0.39 is 11.7 Å². The highest BCUT2D eigenvalue weighted by atomic mass is 19.1. The van der Waals surface area contributed by atoms with Crippen LogP contribution < -0.4 is 15.4 Å². The molecule has 0 radical (unpaired) electrons. The summed E-state index contributed by atoms with van der Waals surface area (Å²) in [5.74, 6) is -0.709. The fraction of sp³-hybridized carbons (Fsp3) is 0.200. The first-order valence-electron chi connectivity index (χ1n) is 6.51. The van der Waals surface area contributed by atoms with Crippen molar-refractivity contribution in [2.75, 3.05) is 13.7 Å². The molecule has 2 N–H and O–H groups in total. The largest absolute Gasteiger partial charge is 0.496 e. The number of furan rings is 1. The number of nitrogens with one attached hydrogen (secondary N) is 2. The van der Waals surface area contributed by atoms with Gasteiger partial charge in [0, 0.05) is 0 Å². The average molecular weight is 306 g/mol. The van der Waals surface area contributed by atoms with Gasteiger partial charge >= 0.3 is 0 Å². The molecular weight excluding hydrogens is 291 g/mol. The van der Waals surface area contributed by atoms with Crippen LogP contribution in [-0.2, 0) is 11.3 Å². The summed E-state index contributed by atoms with van der Waals surface area (Å²) in [5, 5.41) is 4.98. The number of hydrogen-bond donors (Lipinski definition) is 2. The summed E-state index contributed by atoms with van der Waals surface area (Å²) in [7, 11) is 1.38. The van der Waals surface area contributed by atoms with Crippen molar-refractivity contribution in [2.24, 2.45) is 0 Å². The number of carbonyl (C=O) groups excluding carboxylic acids is 2. The van der Waals surface area contributed by atoms with Gasteiger partial charge in [-0.1, -0.05) is 0 Å². The molecule has 116 valence electrons. The highest BCUT2D eigenvalue weighted by molar-refractivity contribution is 5.98. The fourth-order valence-corrected chi connectivity index (χ4v) is 1.77. The summed E-state index contributed by atoms with van der Waals surface area (Å²) in [6.45, 7) is -0.00972. The van der Waals surface area contributed by atoms with Crippen LogP contribution in [0.1, 0.15) is 16.1 Å². The van der Waals surface area contributed by atoms with Gasteiger partial charge in [-0.15, -0.1) is 0 Å². The van der Waals surface area contributed by atoms with Crippen LogP contribution >= 0.6 is 0 Å². The summed E-state index contributed by atoms with van der Waals surface area (Å²) in [4.78, 5) is 23.6. The van der Waals surface area contributed by atoms with Crippen LogP contribution in [0.3, 0.4) is 0 Å². The Kier molecular flexibility index (Phi) is 5.13. The summed E-state index contributed by atoms with van der Waals surface area (Å²) in [6.07, 6.45) is 1.50. The van der Waals surface area contributed by atoms with Crippen LogP contribution in [0.15, 0.2) is 41.0 Å². The Morgan fingerprint density at radius 2 is 2.09 bits per heavy atom. The number of ether oxygens (including phenoxy) is 1. The van der Waals surface area contributed by atoms with E-state index in [1.807, 2.05) is 0 Å². The summed E-state index contributed by atoms with van der Waals surface area (Å²) >= 11 is 0. The molecule has 0 unspecified atom stereocenters. The normalized spacial score (nSPS) is 10.1. The van der Waals surface area contributed by atoms with Crippen molar-refractivity contribution in [1.29, 1.82) is 0 Å². The van der Waals surface area contributed by atoms with Gasteiger partial charge in [-0.3, -0.25) is 9.59 Å². The SMILES string of the molecule is COc1ccc(F)cc1C(=O)NCC(=O)NCc1ccco1. The minimum Gasteiger partial charge on any atom is -0.496 e. The van der Waals surface area contributed by atoms with Crippen LogP contribution in [0.25, 0.3) is 0 Å². The maximum Gasteiger partial charge on any atom is 0.255 e. The quantitative estimate of drug-likeness (QED) is 0.847. The highest BCUT2D eigenvalue weighted by Gasteiger charge is 2.14. The second kappa shape index (κ2) is 7.26. The lowest BCUT2D eigenvalue weighted by Gasteiger charge is -2.09. The van der Waals surface area contributed by atoms with Gasteiger partial charge in [-0.2, -0.15) is 0 Å². The molecule has 0 aliphatic heterocycles. The molecular formula is C15H15FN2O4. The van der Waals surface area contributed by atoms with Crippen molar-refractivity contribution < 1.29 is 23.1 Å². The molecule has 0 aliphatic rings. The van der Waals surface area contributed by atoms with Gasteiger partial charge in [0.05, 0.1) is 32.0 Å². The van der Waals surface area contributed by atoms with Crippen LogP contribution in [0.5, 0.6) is 5.75 Å². The molecule has 0 atom stereocenters. The first-order valence-corrected chi connectivity index (χ1v) is 6.51. The van der Waals surface area contributed by atoms with Gasteiger partial charge < -0.3 is 19.8 Å². The smallest absolute Gasteiger partial charge is 0.255 e. The fourth-order valence-electron chi connectivity index (χ4n) is 1.77. The van der Waals surface area contributed by atoms with Crippen molar-refractivity contribution in [1.82, 2.24) is 10.6 Å². The van der Waals surface area contributed by atoms with Crippen molar-refractivity contribution in [3.8, 4) is 5.75 Å². The first kappa shape index (κ1) is 15.6. The predicted octanol–water partition coefficient (Wildman–Crippen LogP) is 1.47. The number of halogens is 1. The minimum absolute atomic E-state index is 0.0290. The predicted molar refractivity (Wildman–Crippen MR) is 75.8 cm³/mol. The van der Waals surface area contributed by atoms with E-state index >= 15 is 0 Å². The van der Waals surface area contributed by atoms with Crippen LogP contribution in [-0.4, -0.2) is 25.5 Å². The zero-order valence-electron chi connectivity index (χ0n) is 11.9. The molecule has 1 aromatic heterocycles. The Morgan fingerprint density at radius 1 is 1.27 bits per heavy atom. The Bertz CT molecular complexity index is 656. The molecule has 2 rings (SSSR count). The first-order chi connectivity index (χ1) is 10.6. The average Bonchev–Trinajstić information content (AvgIpc) is 3.04. The van der Waals surface area contributed by atoms with Crippen molar-refractivity contribution in [3.05, 3.63) is 53.7 Å². The monoisotopic (exact) mass is 306 g/mol. The van der Waals surface area contributed by atoms with Crippen molar-refractivity contribution in [3.63, 3.8) is 0 Å². The number of amides is 2. The lowest BCUT2D eigenvalue weighted by molar-refractivity contribution is -0.120. The van der Waals surface area contributed by atoms with E-state index in [0.29, 0.717) is 5.76 Å². The number of carbonyl (C=O) groups is 2. The van der Waals surface area contributed by atoms with Crippen LogP contribution in [0, 0.1) is 5.82 Å². The maximum absolute atomic E-state index is 13.2. The van der Waals surface area contributed by atoms with Gasteiger partial charge in [0.15, 0.2) is 0 Å². The molecule has 22 heavy (non-hydrogen) atoms. The molecule has 2 aromatic rings. The zero-order chi connectivity index (χ0) is 15.9. The Balaban J connectivity index is 1.87. The van der Waals surface area contributed by atoms with Crippen molar-refractivity contribution >= 4 is 11.8 Å². The van der Waals surface area contributed by atoms with E-state index in [2.05, 4.69) is 10.6 Å². The molecule has 2 amide bonds. The number of rotatable bonds is 6. The van der Waals surface area contributed by atoms with E-state index in [1.54, 1.807) is 12.1 Å². The molecule has 1 heterocycles. The second-order valence-corrected chi connectivity index (χ2v) is 4.38. The molecule has 7 heteroatoms. The third kappa shape index (κ3) is 4.08.